The van der Waals surface area contributed by atoms with Gasteiger partial charge in [-0.05, 0) is 44.2 Å². The van der Waals surface area contributed by atoms with E-state index in [4.69, 9.17) is 4.52 Å². The van der Waals surface area contributed by atoms with Gasteiger partial charge < -0.3 is 14.7 Å². The molecule has 0 aromatic heterocycles. The first-order valence-electron chi connectivity index (χ1n) is 9.58. The van der Waals surface area contributed by atoms with Crippen LogP contribution in [0, 0.1) is 5.92 Å². The Morgan fingerprint density at radius 1 is 1.10 bits per heavy atom. The molecule has 0 radical (unpaired) electrons. The topological polar surface area (TPSA) is 104 Å². The highest BCUT2D eigenvalue weighted by atomic mass is 31.2. The number of β-lactam (4-membered cyclic amide) rings is 1. The van der Waals surface area contributed by atoms with Crippen LogP contribution in [0.3, 0.4) is 0 Å². The Balaban J connectivity index is 1.84. The third-order valence-corrected chi connectivity index (χ3v) is 8.27. The molecule has 0 aliphatic carbocycles. The molecule has 4 rings (SSSR count). The van der Waals surface area contributed by atoms with Crippen LogP contribution in [-0.2, 0) is 18.7 Å². The maximum absolute atomic E-state index is 14.3. The van der Waals surface area contributed by atoms with E-state index in [1.54, 1.807) is 67.6 Å². The smallest absolute Gasteiger partial charge is 0.352 e. The van der Waals surface area contributed by atoms with Crippen LogP contribution in [0.25, 0.3) is 0 Å². The first-order chi connectivity index (χ1) is 14.2. The molecule has 0 spiro atoms. The van der Waals surface area contributed by atoms with Crippen molar-refractivity contribution in [2.75, 3.05) is 0 Å². The Labute approximate surface area is 174 Å². The van der Waals surface area contributed by atoms with Crippen LogP contribution in [0.2, 0.25) is 0 Å². The van der Waals surface area contributed by atoms with E-state index in [1.165, 1.54) is 13.0 Å². The van der Waals surface area contributed by atoms with Crippen molar-refractivity contribution >= 4 is 29.9 Å². The highest BCUT2D eigenvalue weighted by Gasteiger charge is 2.65. The van der Waals surface area contributed by atoms with Gasteiger partial charge in [0.2, 0.25) is 5.91 Å². The number of nitrogens with zero attached hydrogens (tertiary/aromatic N) is 1. The summed E-state index contributed by atoms with van der Waals surface area (Å²) in [7, 11) is -3.66. The standard InChI is InChI=1S/C22H22NO6P/c1-14(24)18-19-22(2,13-17(21(26)27)23(19)20(18)25)29-30(28,15-9-5-3-6-10-15)16-11-7-4-8-12-16/h3-14,18-19,24H,1-2H3,(H,26,27)/t14-,18?,19+,22?/m1/s1. The van der Waals surface area contributed by atoms with Gasteiger partial charge in [-0.15, -0.1) is 0 Å². The number of aliphatic hydroxyl groups excluding tert-OH is 1. The minimum absolute atomic E-state index is 0.225. The van der Waals surface area contributed by atoms with Gasteiger partial charge in [-0.1, -0.05) is 36.4 Å². The molecular weight excluding hydrogens is 405 g/mol. The van der Waals surface area contributed by atoms with Crippen molar-refractivity contribution in [3.63, 3.8) is 0 Å². The number of fused-ring (bicyclic) bond motifs is 1. The number of aliphatic carboxylic acids is 1. The zero-order chi connectivity index (χ0) is 21.7. The van der Waals surface area contributed by atoms with Crippen LogP contribution < -0.4 is 10.6 Å². The third kappa shape index (κ3) is 3.01. The van der Waals surface area contributed by atoms with Gasteiger partial charge in [-0.25, -0.2) is 4.79 Å². The van der Waals surface area contributed by atoms with Crippen molar-refractivity contribution in [1.29, 1.82) is 0 Å². The summed E-state index contributed by atoms with van der Waals surface area (Å²) in [6.45, 7) is 3.09. The van der Waals surface area contributed by atoms with Crippen molar-refractivity contribution in [3.8, 4) is 0 Å². The van der Waals surface area contributed by atoms with Crippen molar-refractivity contribution in [2.45, 2.75) is 31.6 Å². The first-order valence-corrected chi connectivity index (χ1v) is 11.2. The fourth-order valence-electron chi connectivity index (χ4n) is 4.31. The van der Waals surface area contributed by atoms with E-state index in [-0.39, 0.29) is 5.70 Å². The van der Waals surface area contributed by atoms with Crippen molar-refractivity contribution in [1.82, 2.24) is 4.90 Å². The molecule has 2 aliphatic rings. The molecule has 0 bridgehead atoms. The van der Waals surface area contributed by atoms with Crippen LogP contribution >= 0.6 is 7.37 Å². The van der Waals surface area contributed by atoms with E-state index in [0.29, 0.717) is 10.6 Å². The third-order valence-electron chi connectivity index (χ3n) is 5.67. The van der Waals surface area contributed by atoms with Crippen LogP contribution in [-0.4, -0.2) is 44.7 Å². The number of carbonyl (C=O) groups excluding carboxylic acids is 1. The Morgan fingerprint density at radius 2 is 1.60 bits per heavy atom. The number of hydrogen-bond acceptors (Lipinski definition) is 5. The number of aliphatic hydroxyl groups is 1. The molecule has 2 aromatic rings. The van der Waals surface area contributed by atoms with E-state index in [0.717, 1.165) is 4.90 Å². The zero-order valence-electron chi connectivity index (χ0n) is 16.5. The number of carboxylic acids is 1. The largest absolute Gasteiger partial charge is 0.477 e. The van der Waals surface area contributed by atoms with Gasteiger partial charge >= 0.3 is 5.97 Å². The maximum Gasteiger partial charge on any atom is 0.352 e. The molecule has 2 aromatic carbocycles. The lowest BCUT2D eigenvalue weighted by atomic mass is 9.77. The molecule has 7 nitrogen and oxygen atoms in total. The van der Waals surface area contributed by atoms with Crippen LogP contribution in [0.15, 0.2) is 72.4 Å². The number of amides is 1. The highest BCUT2D eigenvalue weighted by Crippen LogP contribution is 2.56. The van der Waals surface area contributed by atoms with Crippen molar-refractivity contribution in [2.24, 2.45) is 5.92 Å². The predicted molar refractivity (Wildman–Crippen MR) is 111 cm³/mol. The summed E-state index contributed by atoms with van der Waals surface area (Å²) in [5, 5.41) is 20.6. The number of hydrogen-bond donors (Lipinski definition) is 2. The lowest BCUT2D eigenvalue weighted by Gasteiger charge is -2.50. The fraction of sp³-hybridized carbons (Fsp3) is 0.273. The van der Waals surface area contributed by atoms with Crippen LogP contribution in [0.4, 0.5) is 0 Å². The molecule has 8 heteroatoms. The second kappa shape index (κ2) is 7.20. The predicted octanol–water partition coefficient (Wildman–Crippen LogP) is 1.88. The maximum atomic E-state index is 14.3. The molecule has 1 fully saturated rings. The van der Waals surface area contributed by atoms with Gasteiger partial charge in [0.05, 0.1) is 18.1 Å². The molecule has 2 N–H and O–H groups in total. The summed E-state index contributed by atoms with van der Waals surface area (Å²) in [6.07, 6.45) is 0.329. The van der Waals surface area contributed by atoms with E-state index in [2.05, 4.69) is 0 Å². The van der Waals surface area contributed by atoms with E-state index in [1.807, 2.05) is 0 Å². The average Bonchev–Trinajstić information content (AvgIpc) is 2.97. The van der Waals surface area contributed by atoms with E-state index in [9.17, 15) is 24.4 Å². The van der Waals surface area contributed by atoms with Crippen molar-refractivity contribution in [3.05, 3.63) is 72.4 Å². The molecular formula is C22H22NO6P. The molecule has 156 valence electrons. The quantitative estimate of drug-likeness (QED) is 0.539. The number of carboxylic acid groups (broad SMARTS) is 1. The lowest BCUT2D eigenvalue weighted by Crippen LogP contribution is -2.68. The Morgan fingerprint density at radius 3 is 2.03 bits per heavy atom. The molecule has 1 amide bonds. The van der Waals surface area contributed by atoms with Gasteiger partial charge in [0.15, 0.2) is 0 Å². The minimum atomic E-state index is -3.66. The van der Waals surface area contributed by atoms with Crippen molar-refractivity contribution < 1.29 is 28.9 Å². The normalized spacial score (nSPS) is 26.6. The molecule has 30 heavy (non-hydrogen) atoms. The summed E-state index contributed by atoms with van der Waals surface area (Å²) in [5.41, 5.74) is -1.60. The molecule has 2 aliphatic heterocycles. The van der Waals surface area contributed by atoms with E-state index < -0.39 is 42.9 Å². The van der Waals surface area contributed by atoms with Gasteiger partial charge in [0.1, 0.15) is 11.3 Å². The SMILES string of the molecule is C[C@@H](O)C1C(=O)N2C(C(=O)O)=CC(C)(OP(=O)(c3ccccc3)c3ccccc3)[C@H]12. The van der Waals surface area contributed by atoms with Crippen LogP contribution in [0.1, 0.15) is 13.8 Å². The molecule has 1 saturated heterocycles. The average molecular weight is 427 g/mol. The highest BCUT2D eigenvalue weighted by molar-refractivity contribution is 7.74. The summed E-state index contributed by atoms with van der Waals surface area (Å²) < 4.78 is 20.6. The van der Waals surface area contributed by atoms with Gasteiger partial charge in [-0.3, -0.25) is 14.3 Å². The Kier molecular flexibility index (Phi) is 4.93. The monoisotopic (exact) mass is 427 g/mol. The number of benzene rings is 2. The van der Waals surface area contributed by atoms with Gasteiger partial charge in [0, 0.05) is 10.6 Å². The summed E-state index contributed by atoms with van der Waals surface area (Å²) >= 11 is 0. The molecule has 4 atom stereocenters. The second-order valence-electron chi connectivity index (χ2n) is 7.75. The minimum Gasteiger partial charge on any atom is -0.477 e. The summed E-state index contributed by atoms with van der Waals surface area (Å²) in [6, 6.07) is 16.6. The summed E-state index contributed by atoms with van der Waals surface area (Å²) in [5.74, 6) is -2.60. The zero-order valence-corrected chi connectivity index (χ0v) is 17.4. The van der Waals surface area contributed by atoms with Gasteiger partial charge in [-0.2, -0.15) is 0 Å². The molecule has 0 saturated carbocycles. The summed E-state index contributed by atoms with van der Waals surface area (Å²) in [4.78, 5) is 25.4. The Bertz CT molecular complexity index is 1020. The fourth-order valence-corrected chi connectivity index (χ4v) is 6.67. The molecule has 2 unspecified atom stereocenters. The Hall–Kier alpha value is -2.73. The number of rotatable bonds is 6. The van der Waals surface area contributed by atoms with Crippen LogP contribution in [0.5, 0.6) is 0 Å². The van der Waals surface area contributed by atoms with E-state index >= 15 is 0 Å². The number of carbonyl (C=O) groups is 2. The first kappa shape index (κ1) is 20.5. The molecule has 2 heterocycles. The second-order valence-corrected chi connectivity index (χ2v) is 10.1. The van der Waals surface area contributed by atoms with Gasteiger partial charge in [0.25, 0.3) is 7.37 Å². The lowest BCUT2D eigenvalue weighted by molar-refractivity contribution is -0.169.